The first-order valence-electron chi connectivity index (χ1n) is 8.09. The van der Waals surface area contributed by atoms with E-state index in [4.69, 9.17) is 10.7 Å². The molecular weight excluding hydrogens is 274 g/mol. The van der Waals surface area contributed by atoms with Crippen LogP contribution in [0, 0.1) is 5.92 Å². The summed E-state index contributed by atoms with van der Waals surface area (Å²) in [5.74, 6) is 0.170. The maximum Gasteiger partial charge on any atom is 0.217 e. The zero-order valence-electron chi connectivity index (χ0n) is 13.1. The highest BCUT2D eigenvalue weighted by atomic mass is 16.1. The van der Waals surface area contributed by atoms with E-state index in [1.807, 2.05) is 6.07 Å². The first kappa shape index (κ1) is 14.8. The molecule has 1 atom stereocenters. The van der Waals surface area contributed by atoms with Crippen LogP contribution in [0.4, 0.5) is 5.69 Å². The second kappa shape index (κ2) is 6.34. The Hall–Kier alpha value is -2.10. The summed E-state index contributed by atoms with van der Waals surface area (Å²) in [6, 6.07) is 10.5. The summed E-state index contributed by atoms with van der Waals surface area (Å²) >= 11 is 0. The molecule has 1 fully saturated rings. The number of nitrogens with two attached hydrogens (primary N) is 1. The second-order valence-electron chi connectivity index (χ2n) is 6.13. The van der Waals surface area contributed by atoms with Crippen LogP contribution < -0.4 is 10.6 Å². The first-order chi connectivity index (χ1) is 10.7. The zero-order chi connectivity index (χ0) is 15.5. The number of aromatic nitrogens is 1. The number of carbonyl (C=O) groups excluding carboxylic acids is 1. The Morgan fingerprint density at radius 2 is 2.23 bits per heavy atom. The van der Waals surface area contributed by atoms with Gasteiger partial charge in [0.25, 0.3) is 0 Å². The summed E-state index contributed by atoms with van der Waals surface area (Å²) in [5, 5.41) is 1.19. The maximum absolute atomic E-state index is 11.2. The number of amides is 1. The van der Waals surface area contributed by atoms with E-state index >= 15 is 0 Å². The van der Waals surface area contributed by atoms with E-state index in [2.05, 4.69) is 36.1 Å². The lowest BCUT2D eigenvalue weighted by atomic mass is 9.93. The predicted molar refractivity (Wildman–Crippen MR) is 89.9 cm³/mol. The molecule has 2 heterocycles. The number of aryl methyl sites for hydroxylation is 1. The number of carbonyl (C=O) groups is 1. The highest BCUT2D eigenvalue weighted by Crippen LogP contribution is 2.31. The lowest BCUT2D eigenvalue weighted by molar-refractivity contribution is -0.118. The SMILES string of the molecule is CCc1cc(N2CCCC(CC(N)=O)C2)c2ccccc2n1. The van der Waals surface area contributed by atoms with Crippen LogP contribution >= 0.6 is 0 Å². The van der Waals surface area contributed by atoms with E-state index < -0.39 is 0 Å². The summed E-state index contributed by atoms with van der Waals surface area (Å²) in [5.41, 5.74) is 8.79. The van der Waals surface area contributed by atoms with Gasteiger partial charge >= 0.3 is 0 Å². The van der Waals surface area contributed by atoms with Gasteiger partial charge in [0.05, 0.1) is 5.52 Å². The van der Waals surface area contributed by atoms with Crippen LogP contribution in [0.5, 0.6) is 0 Å². The van der Waals surface area contributed by atoms with Gasteiger partial charge in [-0.3, -0.25) is 9.78 Å². The van der Waals surface area contributed by atoms with Crippen molar-refractivity contribution >= 4 is 22.5 Å². The van der Waals surface area contributed by atoms with Crippen molar-refractivity contribution in [1.82, 2.24) is 4.98 Å². The molecule has 1 aliphatic heterocycles. The summed E-state index contributed by atoms with van der Waals surface area (Å²) in [4.78, 5) is 18.3. The Labute approximate surface area is 131 Å². The molecule has 0 radical (unpaired) electrons. The maximum atomic E-state index is 11.2. The fraction of sp³-hybridized carbons (Fsp3) is 0.444. The molecule has 0 aliphatic carbocycles. The van der Waals surface area contributed by atoms with Crippen molar-refractivity contribution in [3.8, 4) is 0 Å². The summed E-state index contributed by atoms with van der Waals surface area (Å²) < 4.78 is 0. The molecule has 0 spiro atoms. The van der Waals surface area contributed by atoms with Gasteiger partial charge in [-0.2, -0.15) is 0 Å². The standard InChI is InChI=1S/C18H23N3O/c1-2-14-11-17(15-7-3-4-8-16(15)20-14)21-9-5-6-13(12-21)10-18(19)22/h3-4,7-8,11,13H,2,5-6,9-10,12H2,1H3,(H2,19,22). The average molecular weight is 297 g/mol. The van der Waals surface area contributed by atoms with E-state index in [1.54, 1.807) is 0 Å². The number of anilines is 1. The average Bonchev–Trinajstić information content (AvgIpc) is 2.53. The quantitative estimate of drug-likeness (QED) is 0.944. The lowest BCUT2D eigenvalue weighted by Gasteiger charge is -2.35. The van der Waals surface area contributed by atoms with Crippen LogP contribution in [0.25, 0.3) is 10.9 Å². The minimum atomic E-state index is -0.194. The number of pyridine rings is 1. The Morgan fingerprint density at radius 3 is 3.00 bits per heavy atom. The number of hydrogen-bond donors (Lipinski definition) is 1. The molecule has 2 aromatic rings. The molecule has 2 N–H and O–H groups in total. The van der Waals surface area contributed by atoms with Gasteiger partial charge in [-0.25, -0.2) is 0 Å². The summed E-state index contributed by atoms with van der Waals surface area (Å²) in [6.45, 7) is 4.07. The van der Waals surface area contributed by atoms with Crippen LogP contribution in [0.3, 0.4) is 0 Å². The number of fused-ring (bicyclic) bond motifs is 1. The second-order valence-corrected chi connectivity index (χ2v) is 6.13. The lowest BCUT2D eigenvalue weighted by Crippen LogP contribution is -2.37. The number of hydrogen-bond acceptors (Lipinski definition) is 3. The molecule has 1 amide bonds. The van der Waals surface area contributed by atoms with Crippen molar-refractivity contribution in [2.24, 2.45) is 11.7 Å². The normalized spacial score (nSPS) is 18.6. The van der Waals surface area contributed by atoms with Crippen molar-refractivity contribution in [3.63, 3.8) is 0 Å². The van der Waals surface area contributed by atoms with Crippen LogP contribution in [0.2, 0.25) is 0 Å². The van der Waals surface area contributed by atoms with E-state index in [1.165, 1.54) is 11.1 Å². The molecule has 1 aromatic heterocycles. The Balaban J connectivity index is 1.96. The van der Waals surface area contributed by atoms with Gasteiger partial charge in [-0.15, -0.1) is 0 Å². The fourth-order valence-electron chi connectivity index (χ4n) is 3.39. The van der Waals surface area contributed by atoms with Crippen molar-refractivity contribution in [2.45, 2.75) is 32.6 Å². The molecule has 116 valence electrons. The van der Waals surface area contributed by atoms with Crippen LogP contribution in [0.1, 0.15) is 31.9 Å². The molecule has 4 nitrogen and oxygen atoms in total. The number of primary amides is 1. The van der Waals surface area contributed by atoms with Gasteiger partial charge in [0.15, 0.2) is 0 Å². The summed E-state index contributed by atoms with van der Waals surface area (Å²) in [6.07, 6.45) is 3.61. The van der Waals surface area contributed by atoms with Crippen molar-refractivity contribution in [2.75, 3.05) is 18.0 Å². The number of piperidine rings is 1. The Kier molecular flexibility index (Phi) is 4.27. The topological polar surface area (TPSA) is 59.2 Å². The molecular formula is C18H23N3O. The van der Waals surface area contributed by atoms with Gasteiger partial charge in [0.1, 0.15) is 0 Å². The van der Waals surface area contributed by atoms with E-state index in [0.717, 1.165) is 43.6 Å². The minimum Gasteiger partial charge on any atom is -0.371 e. The number of rotatable bonds is 4. The molecule has 1 saturated heterocycles. The molecule has 1 aliphatic rings. The van der Waals surface area contributed by atoms with Crippen molar-refractivity contribution in [3.05, 3.63) is 36.0 Å². The largest absolute Gasteiger partial charge is 0.371 e. The van der Waals surface area contributed by atoms with Gasteiger partial charge in [-0.1, -0.05) is 25.1 Å². The third kappa shape index (κ3) is 3.06. The van der Waals surface area contributed by atoms with Crippen molar-refractivity contribution in [1.29, 1.82) is 0 Å². The van der Waals surface area contributed by atoms with Crippen LogP contribution in [-0.2, 0) is 11.2 Å². The van der Waals surface area contributed by atoms with Gasteiger partial charge in [0.2, 0.25) is 5.91 Å². The third-order valence-corrected chi connectivity index (χ3v) is 4.46. The van der Waals surface area contributed by atoms with E-state index in [0.29, 0.717) is 12.3 Å². The summed E-state index contributed by atoms with van der Waals surface area (Å²) in [7, 11) is 0. The zero-order valence-corrected chi connectivity index (χ0v) is 13.1. The molecule has 3 rings (SSSR count). The predicted octanol–water partition coefficient (Wildman–Crippen LogP) is 2.89. The van der Waals surface area contributed by atoms with Gasteiger partial charge in [0, 0.05) is 36.3 Å². The van der Waals surface area contributed by atoms with Crippen LogP contribution in [-0.4, -0.2) is 24.0 Å². The molecule has 1 unspecified atom stereocenters. The van der Waals surface area contributed by atoms with Gasteiger partial charge in [-0.05, 0) is 37.3 Å². The third-order valence-electron chi connectivity index (χ3n) is 4.46. The highest BCUT2D eigenvalue weighted by molar-refractivity contribution is 5.92. The molecule has 4 heteroatoms. The number of para-hydroxylation sites is 1. The van der Waals surface area contributed by atoms with E-state index in [-0.39, 0.29) is 5.91 Å². The van der Waals surface area contributed by atoms with Crippen LogP contribution in [0.15, 0.2) is 30.3 Å². The molecule has 1 aromatic carbocycles. The Morgan fingerprint density at radius 1 is 1.41 bits per heavy atom. The number of benzene rings is 1. The fourth-order valence-corrected chi connectivity index (χ4v) is 3.39. The smallest absolute Gasteiger partial charge is 0.217 e. The molecule has 0 bridgehead atoms. The highest BCUT2D eigenvalue weighted by Gasteiger charge is 2.23. The van der Waals surface area contributed by atoms with Gasteiger partial charge < -0.3 is 10.6 Å². The Bertz CT molecular complexity index is 683. The first-order valence-corrected chi connectivity index (χ1v) is 8.09. The minimum absolute atomic E-state index is 0.194. The number of nitrogens with zero attached hydrogens (tertiary/aromatic N) is 2. The molecule has 0 saturated carbocycles. The monoisotopic (exact) mass is 297 g/mol. The van der Waals surface area contributed by atoms with E-state index in [9.17, 15) is 4.79 Å². The molecule has 22 heavy (non-hydrogen) atoms. The van der Waals surface area contributed by atoms with Crippen molar-refractivity contribution < 1.29 is 4.79 Å².